The first-order valence-corrected chi connectivity index (χ1v) is 9.15. The Labute approximate surface area is 160 Å². The van der Waals surface area contributed by atoms with Crippen molar-refractivity contribution in [3.05, 3.63) is 55.7 Å². The second-order valence-electron chi connectivity index (χ2n) is 5.06. The number of halogens is 1. The van der Waals surface area contributed by atoms with E-state index in [2.05, 4.69) is 38.0 Å². The lowest BCUT2D eigenvalue weighted by Gasteiger charge is -2.02. The maximum atomic E-state index is 12.0. The van der Waals surface area contributed by atoms with E-state index in [1.165, 1.54) is 22.2 Å². The molecule has 10 heteroatoms. The van der Waals surface area contributed by atoms with Gasteiger partial charge in [0.25, 0.3) is 0 Å². The fraction of sp³-hybridized carbons (Fsp3) is 0.133. The topological polar surface area (TPSA) is 103 Å². The first kappa shape index (κ1) is 17.5. The molecule has 2 aromatic heterocycles. The van der Waals surface area contributed by atoms with Crippen molar-refractivity contribution >= 4 is 50.7 Å². The number of carbonyl (C=O) groups excluding carboxylic acids is 1. The minimum atomic E-state index is -0.523. The molecule has 0 saturated carbocycles. The summed E-state index contributed by atoms with van der Waals surface area (Å²) in [6.07, 6.45) is 2.61. The van der Waals surface area contributed by atoms with Crippen molar-refractivity contribution in [2.45, 2.75) is 13.0 Å². The van der Waals surface area contributed by atoms with Crippen molar-refractivity contribution in [1.29, 1.82) is 0 Å². The summed E-state index contributed by atoms with van der Waals surface area (Å²) < 4.78 is 2.51. The Balaban J connectivity index is 1.56. The third kappa shape index (κ3) is 4.60. The van der Waals surface area contributed by atoms with Crippen LogP contribution in [0, 0.1) is 13.7 Å². The van der Waals surface area contributed by atoms with E-state index in [0.717, 1.165) is 21.0 Å². The molecular weight excluding hydrogens is 457 g/mol. The third-order valence-corrected chi connectivity index (χ3v) is 4.77. The van der Waals surface area contributed by atoms with Crippen molar-refractivity contribution in [3.63, 3.8) is 0 Å². The number of nitrogens with zero attached hydrogens (tertiary/aromatic N) is 4. The van der Waals surface area contributed by atoms with Crippen molar-refractivity contribution in [1.82, 2.24) is 14.8 Å². The van der Waals surface area contributed by atoms with Crippen molar-refractivity contribution in [2.24, 2.45) is 0 Å². The molecule has 0 aliphatic rings. The molecule has 0 bridgehead atoms. The fourth-order valence-electron chi connectivity index (χ4n) is 2.05. The summed E-state index contributed by atoms with van der Waals surface area (Å²) in [5, 5.41) is 19.6. The summed E-state index contributed by atoms with van der Waals surface area (Å²) in [7, 11) is 0. The van der Waals surface area contributed by atoms with Crippen LogP contribution in [0.4, 0.5) is 10.8 Å². The zero-order chi connectivity index (χ0) is 17.8. The van der Waals surface area contributed by atoms with Crippen LogP contribution in [0.3, 0.4) is 0 Å². The van der Waals surface area contributed by atoms with Gasteiger partial charge in [-0.2, -0.15) is 5.10 Å². The van der Waals surface area contributed by atoms with Gasteiger partial charge in [-0.25, -0.2) is 4.98 Å². The Morgan fingerprint density at radius 2 is 2.12 bits per heavy atom. The lowest BCUT2D eigenvalue weighted by molar-refractivity contribution is -0.385. The largest absolute Gasteiger partial charge is 0.306 e. The van der Waals surface area contributed by atoms with Gasteiger partial charge in [0.15, 0.2) is 5.13 Å². The summed E-state index contributed by atoms with van der Waals surface area (Å²) >= 11 is 3.59. The van der Waals surface area contributed by atoms with Crippen LogP contribution in [0.5, 0.6) is 0 Å². The Morgan fingerprint density at radius 3 is 2.80 bits per heavy atom. The summed E-state index contributed by atoms with van der Waals surface area (Å²) in [5.41, 5.74) is 1.70. The Kier molecular flexibility index (Phi) is 5.38. The average molecular weight is 469 g/mol. The molecule has 0 aliphatic heterocycles. The molecule has 0 spiro atoms. The summed E-state index contributed by atoms with van der Waals surface area (Å²) in [5.74, 6) is -0.221. The minimum absolute atomic E-state index is 0.0949. The van der Waals surface area contributed by atoms with E-state index in [9.17, 15) is 14.9 Å². The van der Waals surface area contributed by atoms with E-state index in [1.54, 1.807) is 0 Å². The summed E-state index contributed by atoms with van der Waals surface area (Å²) in [6, 6.07) is 7.95. The van der Waals surface area contributed by atoms with Crippen molar-refractivity contribution in [3.8, 4) is 11.3 Å². The summed E-state index contributed by atoms with van der Waals surface area (Å²) in [4.78, 5) is 26.5. The molecule has 0 unspecified atom stereocenters. The first-order valence-electron chi connectivity index (χ1n) is 7.19. The van der Waals surface area contributed by atoms with Gasteiger partial charge in [0, 0.05) is 27.5 Å². The van der Waals surface area contributed by atoms with Gasteiger partial charge in [0.2, 0.25) is 5.91 Å². The van der Waals surface area contributed by atoms with Gasteiger partial charge >= 0.3 is 5.69 Å². The lowest BCUT2D eigenvalue weighted by atomic mass is 10.2. The van der Waals surface area contributed by atoms with Gasteiger partial charge < -0.3 is 5.32 Å². The quantitative estimate of drug-likeness (QED) is 0.338. The van der Waals surface area contributed by atoms with Crippen LogP contribution in [0.1, 0.15) is 6.42 Å². The molecule has 2 heterocycles. The monoisotopic (exact) mass is 469 g/mol. The number of carbonyl (C=O) groups is 1. The van der Waals surface area contributed by atoms with Crippen molar-refractivity contribution in [2.75, 3.05) is 5.32 Å². The number of aromatic nitrogens is 3. The number of nitrogens with one attached hydrogen (secondary N) is 1. The summed E-state index contributed by atoms with van der Waals surface area (Å²) in [6.45, 7) is 0.259. The highest BCUT2D eigenvalue weighted by Gasteiger charge is 2.11. The van der Waals surface area contributed by atoms with Crippen LogP contribution in [0.2, 0.25) is 0 Å². The number of anilines is 1. The predicted molar refractivity (Wildman–Crippen MR) is 102 cm³/mol. The number of hydrogen-bond acceptors (Lipinski definition) is 6. The molecule has 25 heavy (non-hydrogen) atoms. The van der Waals surface area contributed by atoms with Gasteiger partial charge in [-0.3, -0.25) is 19.6 Å². The van der Waals surface area contributed by atoms with Crippen LogP contribution >= 0.6 is 33.9 Å². The second-order valence-corrected chi connectivity index (χ2v) is 7.17. The number of rotatable bonds is 6. The molecule has 1 N–H and O–H groups in total. The number of aryl methyl sites for hydroxylation is 1. The molecule has 0 atom stereocenters. The van der Waals surface area contributed by atoms with E-state index >= 15 is 0 Å². The maximum Gasteiger partial charge on any atom is 0.306 e. The first-order chi connectivity index (χ1) is 12.0. The molecule has 3 aromatic rings. The number of benzene rings is 1. The van der Waals surface area contributed by atoms with Crippen LogP contribution in [-0.4, -0.2) is 25.6 Å². The average Bonchev–Trinajstić information content (AvgIpc) is 3.23. The molecule has 1 amide bonds. The molecule has 8 nitrogen and oxygen atoms in total. The zero-order valence-corrected chi connectivity index (χ0v) is 15.7. The van der Waals surface area contributed by atoms with Gasteiger partial charge in [-0.05, 0) is 34.7 Å². The SMILES string of the molecule is O=C(CCn1cc([N+](=O)[O-])cn1)Nc1nc(-c2ccc(I)cc2)cs1. The van der Waals surface area contributed by atoms with E-state index in [4.69, 9.17) is 0 Å². The maximum absolute atomic E-state index is 12.0. The normalized spacial score (nSPS) is 10.6. The highest BCUT2D eigenvalue weighted by atomic mass is 127. The fourth-order valence-corrected chi connectivity index (χ4v) is 3.15. The van der Waals surface area contributed by atoms with E-state index in [-0.39, 0.29) is 24.6 Å². The minimum Gasteiger partial charge on any atom is -0.302 e. The van der Waals surface area contributed by atoms with Gasteiger partial charge in [-0.15, -0.1) is 11.3 Å². The molecule has 1 aromatic carbocycles. The number of nitro groups is 1. The highest BCUT2D eigenvalue weighted by Crippen LogP contribution is 2.25. The molecule has 3 rings (SSSR count). The Bertz CT molecular complexity index is 906. The molecule has 128 valence electrons. The molecule has 0 aliphatic carbocycles. The molecule has 0 saturated heterocycles. The predicted octanol–water partition coefficient (Wildman–Crippen LogP) is 3.55. The molecule has 0 radical (unpaired) electrons. The molecular formula is C15H12IN5O3S. The van der Waals surface area contributed by atoms with Crippen molar-refractivity contribution < 1.29 is 9.72 Å². The van der Waals surface area contributed by atoms with Gasteiger partial charge in [0.05, 0.1) is 10.6 Å². The Hall–Kier alpha value is -2.34. The van der Waals surface area contributed by atoms with Crippen LogP contribution in [0.15, 0.2) is 42.0 Å². The van der Waals surface area contributed by atoms with Crippen LogP contribution < -0.4 is 5.32 Å². The van der Waals surface area contributed by atoms with Crippen LogP contribution in [0.25, 0.3) is 11.3 Å². The number of thiazole rings is 1. The van der Waals surface area contributed by atoms with E-state index in [0.29, 0.717) is 5.13 Å². The van der Waals surface area contributed by atoms with Gasteiger partial charge in [-0.1, -0.05) is 12.1 Å². The second kappa shape index (κ2) is 7.70. The van der Waals surface area contributed by atoms with Crippen LogP contribution in [-0.2, 0) is 11.3 Å². The molecule has 0 fully saturated rings. The van der Waals surface area contributed by atoms with E-state index < -0.39 is 4.92 Å². The number of amides is 1. The smallest absolute Gasteiger partial charge is 0.302 e. The highest BCUT2D eigenvalue weighted by molar-refractivity contribution is 14.1. The van der Waals surface area contributed by atoms with E-state index in [1.807, 2.05) is 29.6 Å². The number of hydrogen-bond donors (Lipinski definition) is 1. The van der Waals surface area contributed by atoms with Gasteiger partial charge in [0.1, 0.15) is 12.4 Å². The standard InChI is InChI=1S/C15H12IN5O3S/c16-11-3-1-10(2-4-11)13-9-25-15(18-13)19-14(22)5-6-20-8-12(7-17-20)21(23)24/h1-4,7-9H,5-6H2,(H,18,19,22). The Morgan fingerprint density at radius 1 is 1.36 bits per heavy atom. The third-order valence-electron chi connectivity index (χ3n) is 3.29. The lowest BCUT2D eigenvalue weighted by Crippen LogP contribution is -2.14. The zero-order valence-electron chi connectivity index (χ0n) is 12.8.